The number of hydrogen-bond acceptors (Lipinski definition) is 4. The van der Waals surface area contributed by atoms with Crippen LogP contribution in [0.4, 0.5) is 9.18 Å². The molecule has 2 heterocycles. The highest BCUT2D eigenvalue weighted by Gasteiger charge is 2.28. The van der Waals surface area contributed by atoms with Gasteiger partial charge in [0.05, 0.1) is 24.4 Å². The highest BCUT2D eigenvalue weighted by atomic mass is 19.1. The van der Waals surface area contributed by atoms with Crippen molar-refractivity contribution in [3.05, 3.63) is 53.2 Å². The van der Waals surface area contributed by atoms with Gasteiger partial charge in [-0.2, -0.15) is 0 Å². The van der Waals surface area contributed by atoms with Crippen molar-refractivity contribution in [1.82, 2.24) is 15.8 Å². The number of nitrogens with zero attached hydrogens (tertiary/aromatic N) is 1. The van der Waals surface area contributed by atoms with Crippen molar-refractivity contribution in [2.45, 2.75) is 44.9 Å². The van der Waals surface area contributed by atoms with Gasteiger partial charge in [0.1, 0.15) is 5.82 Å². The van der Waals surface area contributed by atoms with Crippen LogP contribution in [-0.2, 0) is 17.7 Å². The first kappa shape index (κ1) is 17.4. The second-order valence-corrected chi connectivity index (χ2v) is 6.05. The van der Waals surface area contributed by atoms with E-state index in [0.717, 1.165) is 30.5 Å². The third-order valence-corrected chi connectivity index (χ3v) is 4.25. The lowest BCUT2D eigenvalue weighted by Crippen LogP contribution is -2.41. The average Bonchev–Trinajstić information content (AvgIpc) is 3.30. The molecule has 0 radical (unpaired) electrons. The smallest absolute Gasteiger partial charge is 0.315 e. The summed E-state index contributed by atoms with van der Waals surface area (Å²) in [5.41, 5.74) is 1.66. The van der Waals surface area contributed by atoms with Crippen LogP contribution in [0.2, 0.25) is 0 Å². The van der Waals surface area contributed by atoms with E-state index in [4.69, 9.17) is 9.26 Å². The number of carbonyl (C=O) groups excluding carboxylic acids is 1. The third kappa shape index (κ3) is 4.57. The Kier molecular flexibility index (Phi) is 5.65. The van der Waals surface area contributed by atoms with E-state index in [1.165, 1.54) is 12.1 Å². The Morgan fingerprint density at radius 2 is 2.20 bits per heavy atom. The molecule has 7 heteroatoms. The van der Waals surface area contributed by atoms with Gasteiger partial charge in [-0.25, -0.2) is 9.18 Å². The summed E-state index contributed by atoms with van der Waals surface area (Å²) in [4.78, 5) is 12.3. The number of rotatable bonds is 6. The molecule has 6 nitrogen and oxygen atoms in total. The van der Waals surface area contributed by atoms with E-state index in [-0.39, 0.29) is 30.5 Å². The number of ether oxygens (including phenoxy) is 1. The first-order valence-electron chi connectivity index (χ1n) is 8.51. The van der Waals surface area contributed by atoms with Gasteiger partial charge in [0.2, 0.25) is 0 Å². The minimum atomic E-state index is -0.334. The molecule has 1 aliphatic rings. The molecular formula is C18H22FN3O3. The molecule has 134 valence electrons. The lowest BCUT2D eigenvalue weighted by atomic mass is 9.99. The minimum Gasteiger partial charge on any atom is -0.376 e. The summed E-state index contributed by atoms with van der Waals surface area (Å²) in [6.07, 6.45) is 2.46. The summed E-state index contributed by atoms with van der Waals surface area (Å²) >= 11 is 0. The molecular weight excluding hydrogens is 325 g/mol. The van der Waals surface area contributed by atoms with Gasteiger partial charge in [-0.3, -0.25) is 0 Å². The Bertz CT molecular complexity index is 696. The fourth-order valence-electron chi connectivity index (χ4n) is 2.89. The quantitative estimate of drug-likeness (QED) is 0.842. The summed E-state index contributed by atoms with van der Waals surface area (Å²) in [5, 5.41) is 9.57. The molecule has 2 aromatic rings. The SMILES string of the molecule is CCc1cc(CNC(=O)N[C@H](c2ccc(F)cc2)[C@H]2CCCO2)on1. The molecule has 2 amide bonds. The molecule has 1 aromatic heterocycles. The molecule has 0 spiro atoms. The highest BCUT2D eigenvalue weighted by molar-refractivity contribution is 5.74. The number of halogens is 1. The highest BCUT2D eigenvalue weighted by Crippen LogP contribution is 2.27. The number of aromatic nitrogens is 1. The van der Waals surface area contributed by atoms with Crippen molar-refractivity contribution in [3.8, 4) is 0 Å². The molecule has 1 aromatic carbocycles. The van der Waals surface area contributed by atoms with Gasteiger partial charge in [-0.05, 0) is 37.0 Å². The molecule has 1 saturated heterocycles. The van der Waals surface area contributed by atoms with Crippen LogP contribution in [0.3, 0.4) is 0 Å². The zero-order chi connectivity index (χ0) is 17.6. The van der Waals surface area contributed by atoms with Gasteiger partial charge in [-0.1, -0.05) is 24.2 Å². The zero-order valence-corrected chi connectivity index (χ0v) is 14.1. The first-order chi connectivity index (χ1) is 12.2. The Morgan fingerprint density at radius 3 is 2.84 bits per heavy atom. The standard InChI is InChI=1S/C18H22FN3O3/c1-2-14-10-15(25-22-14)11-20-18(23)21-17(16-4-3-9-24-16)12-5-7-13(19)8-6-12/h5-8,10,16-17H,2-4,9,11H2,1H3,(H2,20,21,23)/t16-,17-/m1/s1. The van der Waals surface area contributed by atoms with Crippen LogP contribution in [-0.4, -0.2) is 23.9 Å². The predicted molar refractivity (Wildman–Crippen MR) is 89.4 cm³/mol. The summed E-state index contributed by atoms with van der Waals surface area (Å²) < 4.78 is 24.0. The number of amides is 2. The van der Waals surface area contributed by atoms with E-state index in [0.29, 0.717) is 12.4 Å². The Morgan fingerprint density at radius 1 is 1.40 bits per heavy atom. The number of nitrogens with one attached hydrogen (secondary N) is 2. The zero-order valence-electron chi connectivity index (χ0n) is 14.1. The maximum absolute atomic E-state index is 13.2. The van der Waals surface area contributed by atoms with E-state index >= 15 is 0 Å². The van der Waals surface area contributed by atoms with Crippen molar-refractivity contribution >= 4 is 6.03 Å². The van der Waals surface area contributed by atoms with Crippen molar-refractivity contribution in [3.63, 3.8) is 0 Å². The van der Waals surface area contributed by atoms with Crippen molar-refractivity contribution in [2.75, 3.05) is 6.61 Å². The second kappa shape index (κ2) is 8.11. The predicted octanol–water partition coefficient (Wildman–Crippen LogP) is 3.10. The van der Waals surface area contributed by atoms with E-state index in [1.807, 2.05) is 13.0 Å². The van der Waals surface area contributed by atoms with Crippen LogP contribution < -0.4 is 10.6 Å². The average molecular weight is 347 g/mol. The molecule has 1 fully saturated rings. The van der Waals surface area contributed by atoms with E-state index in [9.17, 15) is 9.18 Å². The Balaban J connectivity index is 1.62. The summed E-state index contributed by atoms with van der Waals surface area (Å²) in [6.45, 7) is 2.90. The molecule has 3 rings (SSSR count). The minimum absolute atomic E-state index is 0.117. The van der Waals surface area contributed by atoms with E-state index in [2.05, 4.69) is 15.8 Å². The van der Waals surface area contributed by atoms with E-state index in [1.54, 1.807) is 12.1 Å². The van der Waals surface area contributed by atoms with Gasteiger partial charge < -0.3 is 19.9 Å². The molecule has 0 unspecified atom stereocenters. The number of urea groups is 1. The fraction of sp³-hybridized carbons (Fsp3) is 0.444. The van der Waals surface area contributed by atoms with Crippen molar-refractivity contribution < 1.29 is 18.4 Å². The van der Waals surface area contributed by atoms with Gasteiger partial charge in [0, 0.05) is 12.7 Å². The molecule has 0 saturated carbocycles. The molecule has 25 heavy (non-hydrogen) atoms. The van der Waals surface area contributed by atoms with Crippen LogP contribution in [0.1, 0.15) is 42.8 Å². The summed E-state index contributed by atoms with van der Waals surface area (Å²) in [5.74, 6) is 0.291. The van der Waals surface area contributed by atoms with Crippen LogP contribution in [0.15, 0.2) is 34.9 Å². The van der Waals surface area contributed by atoms with Gasteiger partial charge in [0.15, 0.2) is 5.76 Å². The molecule has 0 aliphatic carbocycles. The largest absolute Gasteiger partial charge is 0.376 e. The lowest BCUT2D eigenvalue weighted by Gasteiger charge is -2.24. The van der Waals surface area contributed by atoms with Crippen LogP contribution >= 0.6 is 0 Å². The first-order valence-corrected chi connectivity index (χ1v) is 8.51. The molecule has 2 atom stereocenters. The third-order valence-electron chi connectivity index (χ3n) is 4.25. The summed E-state index contributed by atoms with van der Waals surface area (Å²) in [6, 6.07) is 7.27. The normalized spacial score (nSPS) is 18.1. The van der Waals surface area contributed by atoms with Gasteiger partial charge >= 0.3 is 6.03 Å². The van der Waals surface area contributed by atoms with Crippen molar-refractivity contribution in [2.24, 2.45) is 0 Å². The molecule has 0 bridgehead atoms. The topological polar surface area (TPSA) is 76.4 Å². The molecule has 1 aliphatic heterocycles. The summed E-state index contributed by atoms with van der Waals surface area (Å²) in [7, 11) is 0. The van der Waals surface area contributed by atoms with Crippen LogP contribution in [0.5, 0.6) is 0 Å². The van der Waals surface area contributed by atoms with Gasteiger partial charge in [0.25, 0.3) is 0 Å². The van der Waals surface area contributed by atoms with Gasteiger partial charge in [-0.15, -0.1) is 0 Å². The van der Waals surface area contributed by atoms with Crippen LogP contribution in [0, 0.1) is 5.82 Å². The fourth-order valence-corrected chi connectivity index (χ4v) is 2.89. The maximum Gasteiger partial charge on any atom is 0.315 e. The number of carbonyl (C=O) groups is 1. The maximum atomic E-state index is 13.2. The second-order valence-electron chi connectivity index (χ2n) is 6.05. The lowest BCUT2D eigenvalue weighted by molar-refractivity contribution is 0.0807. The van der Waals surface area contributed by atoms with Crippen molar-refractivity contribution in [1.29, 1.82) is 0 Å². The van der Waals surface area contributed by atoms with Crippen LogP contribution in [0.25, 0.3) is 0 Å². The molecule has 2 N–H and O–H groups in total. The number of hydrogen-bond donors (Lipinski definition) is 2. The number of aryl methyl sites for hydroxylation is 1. The Hall–Kier alpha value is -2.41. The van der Waals surface area contributed by atoms with E-state index < -0.39 is 0 Å². The number of benzene rings is 1. The Labute approximate surface area is 145 Å². The monoisotopic (exact) mass is 347 g/mol.